The molecule has 3 aliphatic rings. The smallest absolute Gasteiger partial charge is 0.415 e. The van der Waals surface area contributed by atoms with Crippen molar-refractivity contribution in [2.45, 2.75) is 146 Å². The number of piperidine rings is 3. The largest absolute Gasteiger partial charge is 0.497 e. The zero-order valence-corrected chi connectivity index (χ0v) is 33.3. The van der Waals surface area contributed by atoms with E-state index in [1.165, 1.54) is 44.9 Å². The van der Waals surface area contributed by atoms with Crippen LogP contribution in [-0.2, 0) is 25.3 Å². The Hall–Kier alpha value is -3.04. The number of hydrogen-bond acceptors (Lipinski definition) is 7. The van der Waals surface area contributed by atoms with Gasteiger partial charge in [0.1, 0.15) is 5.75 Å². The molecule has 1 N–H and O–H groups in total. The van der Waals surface area contributed by atoms with E-state index in [0.29, 0.717) is 35.1 Å². The summed E-state index contributed by atoms with van der Waals surface area (Å²) >= 11 is 0. The number of amides is 2. The molecule has 5 rings (SSSR count). The minimum atomic E-state index is -1.70. The lowest BCUT2D eigenvalue weighted by Crippen LogP contribution is -2.64. The minimum Gasteiger partial charge on any atom is -0.497 e. The van der Waals surface area contributed by atoms with Gasteiger partial charge in [-0.15, -0.1) is 6.58 Å². The molecule has 0 saturated carbocycles. The number of pyridine rings is 1. The first-order valence-electron chi connectivity index (χ1n) is 20.1. The number of methoxy groups -OCH3 is 1. The second kappa shape index (κ2) is 21.0. The van der Waals surface area contributed by atoms with Crippen molar-refractivity contribution in [1.82, 2.24) is 15.2 Å². The number of ether oxygens (including phenoxy) is 2. The molecule has 8 nitrogen and oxygen atoms in total. The number of nitrogens with zero attached hydrogens (tertiary/aromatic N) is 2. The van der Waals surface area contributed by atoms with E-state index in [0.717, 1.165) is 76.3 Å². The molecule has 1 aromatic heterocycles. The van der Waals surface area contributed by atoms with E-state index >= 15 is 4.21 Å². The molecule has 3 fully saturated rings. The standard InChI is InChI=1S/C43H65N3O5S/c1-7-10-12-14-15-16-18-20-22-36(21-19-17-13-11-8-2)52(49)43(51-42(48)45-41(47)32(4)5,40-29-34-26-28-46(40)31-33(34)9-3)38-25-27-44-39-24-23-35(50-6)30-37(38)39/h9,23-25,27,30,33-34,36,40H,3-4,7-8,10-22,26,28-29,31H2,1-2,5-6H3,(H,45,47,48)/t33-,34-,36?,40+,43+,52?/m0/s1. The molecule has 3 unspecified atom stereocenters. The average Bonchev–Trinajstić information content (AvgIpc) is 3.16. The van der Waals surface area contributed by atoms with Gasteiger partial charge in [0.05, 0.1) is 29.5 Å². The number of hydrogen-bond donors (Lipinski definition) is 1. The highest BCUT2D eigenvalue weighted by Crippen LogP contribution is 2.50. The lowest BCUT2D eigenvalue weighted by Gasteiger charge is -2.55. The van der Waals surface area contributed by atoms with Crippen LogP contribution < -0.4 is 10.1 Å². The third kappa shape index (κ3) is 10.6. The van der Waals surface area contributed by atoms with E-state index in [-0.39, 0.29) is 16.9 Å². The Kier molecular flexibility index (Phi) is 16.8. The van der Waals surface area contributed by atoms with Crippen molar-refractivity contribution in [3.05, 3.63) is 60.8 Å². The number of alkyl carbamates (subject to hydrolysis) is 1. The number of carbonyl (C=O) groups excluding carboxylic acids is 2. The molecule has 9 heteroatoms. The number of imide groups is 1. The Labute approximate surface area is 316 Å². The fourth-order valence-electron chi connectivity index (χ4n) is 8.32. The van der Waals surface area contributed by atoms with Gasteiger partial charge in [-0.3, -0.25) is 24.2 Å². The molecule has 3 saturated heterocycles. The number of benzene rings is 1. The van der Waals surface area contributed by atoms with E-state index in [1.54, 1.807) is 20.2 Å². The number of rotatable bonds is 23. The second-order valence-electron chi connectivity index (χ2n) is 15.1. The van der Waals surface area contributed by atoms with Crippen molar-refractivity contribution < 1.29 is 23.3 Å². The second-order valence-corrected chi connectivity index (χ2v) is 17.0. The SMILES string of the molecule is C=C[C@H]1CN2CC[C@H]1C[C@@H]2[C@@](OC(=O)NC(=O)C(=C)C)(c1ccnc2ccc(OC)cc12)S(=O)C(CCCCCCC)CCCCCCCCCC. The van der Waals surface area contributed by atoms with E-state index < -0.39 is 27.7 Å². The van der Waals surface area contributed by atoms with Gasteiger partial charge in [0.25, 0.3) is 5.91 Å². The van der Waals surface area contributed by atoms with Gasteiger partial charge in [-0.1, -0.05) is 110 Å². The minimum absolute atomic E-state index is 0.191. The highest BCUT2D eigenvalue weighted by Gasteiger charge is 2.58. The quantitative estimate of drug-likeness (QED) is 0.0689. The first-order valence-corrected chi connectivity index (χ1v) is 21.3. The van der Waals surface area contributed by atoms with E-state index in [2.05, 4.69) is 42.2 Å². The van der Waals surface area contributed by atoms with Crippen LogP contribution in [0.15, 0.2) is 55.3 Å². The summed E-state index contributed by atoms with van der Waals surface area (Å²) in [4.78, 5) is 32.3. The molecule has 2 aromatic rings. The van der Waals surface area contributed by atoms with Crippen molar-refractivity contribution >= 4 is 33.7 Å². The van der Waals surface area contributed by atoms with Crippen LogP contribution in [0.25, 0.3) is 10.9 Å². The molecule has 0 radical (unpaired) electrons. The molecule has 2 bridgehead atoms. The Morgan fingerprint density at radius 2 is 1.65 bits per heavy atom. The molecular weight excluding hydrogens is 671 g/mol. The van der Waals surface area contributed by atoms with Crippen molar-refractivity contribution in [2.24, 2.45) is 11.8 Å². The summed E-state index contributed by atoms with van der Waals surface area (Å²) in [7, 11) is -0.0795. The predicted octanol–water partition coefficient (Wildman–Crippen LogP) is 10.1. The van der Waals surface area contributed by atoms with Crippen LogP contribution in [0.2, 0.25) is 0 Å². The summed E-state index contributed by atoms with van der Waals surface area (Å²) in [5.41, 5.74) is 1.53. The molecule has 1 aromatic carbocycles. The Bertz CT molecular complexity index is 1510. The molecule has 7 atom stereocenters. The molecule has 2 amide bonds. The number of fused-ring (bicyclic) bond motifs is 4. The normalized spacial score (nSPS) is 21.9. The monoisotopic (exact) mass is 735 g/mol. The summed E-state index contributed by atoms with van der Waals surface area (Å²) in [6.45, 7) is 15.4. The Balaban J connectivity index is 1.84. The summed E-state index contributed by atoms with van der Waals surface area (Å²) < 4.78 is 28.4. The van der Waals surface area contributed by atoms with E-state index in [9.17, 15) is 9.59 Å². The number of carbonyl (C=O) groups is 2. The van der Waals surface area contributed by atoms with Gasteiger partial charge in [-0.2, -0.15) is 0 Å². The topological polar surface area (TPSA) is 97.8 Å². The van der Waals surface area contributed by atoms with Gasteiger partial charge in [-0.05, 0) is 75.3 Å². The average molecular weight is 736 g/mol. The highest BCUT2D eigenvalue weighted by molar-refractivity contribution is 7.86. The molecule has 3 aliphatic heterocycles. The third-order valence-electron chi connectivity index (χ3n) is 11.3. The number of aromatic nitrogens is 1. The summed E-state index contributed by atoms with van der Waals surface area (Å²) in [5.74, 6) is 0.632. The van der Waals surface area contributed by atoms with Gasteiger partial charge in [0.15, 0.2) is 0 Å². The lowest BCUT2D eigenvalue weighted by atomic mass is 9.73. The molecule has 288 valence electrons. The maximum Gasteiger partial charge on any atom is 0.415 e. The molecule has 0 aliphatic carbocycles. The van der Waals surface area contributed by atoms with Crippen LogP contribution in [0, 0.1) is 11.8 Å². The van der Waals surface area contributed by atoms with Gasteiger partial charge >= 0.3 is 6.09 Å². The van der Waals surface area contributed by atoms with Crippen LogP contribution in [0.5, 0.6) is 5.75 Å². The highest BCUT2D eigenvalue weighted by atomic mass is 32.2. The van der Waals surface area contributed by atoms with Crippen molar-refractivity contribution in [3.63, 3.8) is 0 Å². The number of nitrogens with one attached hydrogen (secondary N) is 1. The van der Waals surface area contributed by atoms with Crippen LogP contribution in [-0.4, -0.2) is 57.6 Å². The number of unbranched alkanes of at least 4 members (excludes halogenated alkanes) is 11. The summed E-state index contributed by atoms with van der Waals surface area (Å²) in [5, 5.41) is 2.93. The van der Waals surface area contributed by atoms with Gasteiger partial charge in [0, 0.05) is 34.5 Å². The fourth-order valence-corrected chi connectivity index (χ4v) is 10.6. The Morgan fingerprint density at radius 3 is 2.21 bits per heavy atom. The van der Waals surface area contributed by atoms with Gasteiger partial charge in [-0.25, -0.2) is 4.79 Å². The fraction of sp³-hybridized carbons (Fsp3) is 0.651. The zero-order chi connectivity index (χ0) is 37.5. The molecule has 0 spiro atoms. The summed E-state index contributed by atoms with van der Waals surface area (Å²) in [6.07, 6.45) is 21.2. The molecular formula is C43H65N3O5S. The predicted molar refractivity (Wildman–Crippen MR) is 214 cm³/mol. The van der Waals surface area contributed by atoms with E-state index in [1.807, 2.05) is 30.3 Å². The Morgan fingerprint density at radius 1 is 1.02 bits per heavy atom. The lowest BCUT2D eigenvalue weighted by molar-refractivity contribution is -0.117. The zero-order valence-electron chi connectivity index (χ0n) is 32.5. The molecule has 4 heterocycles. The van der Waals surface area contributed by atoms with Gasteiger partial charge < -0.3 is 9.47 Å². The van der Waals surface area contributed by atoms with Crippen molar-refractivity contribution in [1.29, 1.82) is 0 Å². The first kappa shape index (κ1) is 41.7. The maximum atomic E-state index is 16.0. The molecule has 52 heavy (non-hydrogen) atoms. The third-order valence-corrected chi connectivity index (χ3v) is 13.6. The van der Waals surface area contributed by atoms with Crippen LogP contribution in [0.3, 0.4) is 0 Å². The first-order chi connectivity index (χ1) is 25.2. The van der Waals surface area contributed by atoms with Crippen molar-refractivity contribution in [2.75, 3.05) is 20.2 Å². The summed E-state index contributed by atoms with van der Waals surface area (Å²) in [6, 6.07) is 7.15. The van der Waals surface area contributed by atoms with Crippen LogP contribution in [0.4, 0.5) is 4.79 Å². The van der Waals surface area contributed by atoms with Crippen LogP contribution in [0.1, 0.15) is 135 Å². The van der Waals surface area contributed by atoms with Crippen LogP contribution >= 0.6 is 0 Å². The van der Waals surface area contributed by atoms with Crippen molar-refractivity contribution in [3.8, 4) is 5.75 Å². The van der Waals surface area contributed by atoms with Gasteiger partial charge in [0.2, 0.25) is 4.93 Å². The maximum absolute atomic E-state index is 16.0. The van der Waals surface area contributed by atoms with E-state index in [4.69, 9.17) is 9.47 Å².